The second-order valence-corrected chi connectivity index (χ2v) is 6.73. The van der Waals surface area contributed by atoms with Gasteiger partial charge in [0, 0.05) is 10.1 Å². The number of nitrogens with one attached hydrogen (secondary N) is 2. The van der Waals surface area contributed by atoms with Gasteiger partial charge in [-0.1, -0.05) is 41.9 Å². The smallest absolute Gasteiger partial charge is 0.350 e. The number of benzene rings is 2. The van der Waals surface area contributed by atoms with Gasteiger partial charge < -0.3 is 10.1 Å². The van der Waals surface area contributed by atoms with Crippen LogP contribution >= 0.6 is 22.9 Å². The summed E-state index contributed by atoms with van der Waals surface area (Å²) in [5, 5.41) is 5.08. The zero-order chi connectivity index (χ0) is 19.4. The van der Waals surface area contributed by atoms with E-state index in [9.17, 15) is 18.8 Å². The van der Waals surface area contributed by atoms with Gasteiger partial charge in [-0.25, -0.2) is 14.0 Å². The lowest BCUT2D eigenvalue weighted by atomic mass is 10.2. The molecule has 3 rings (SSSR count). The number of ether oxygens (including phenoxy) is 1. The average molecular weight is 407 g/mol. The number of urea groups is 1. The van der Waals surface area contributed by atoms with Crippen molar-refractivity contribution < 1.29 is 23.5 Å². The summed E-state index contributed by atoms with van der Waals surface area (Å²) in [6, 6.07) is 11.7. The second kappa shape index (κ2) is 8.15. The molecule has 0 bridgehead atoms. The van der Waals surface area contributed by atoms with Gasteiger partial charge >= 0.3 is 12.0 Å². The summed E-state index contributed by atoms with van der Waals surface area (Å²) in [4.78, 5) is 35.7. The van der Waals surface area contributed by atoms with E-state index in [1.165, 1.54) is 18.2 Å². The van der Waals surface area contributed by atoms with E-state index < -0.39 is 30.3 Å². The lowest BCUT2D eigenvalue weighted by Gasteiger charge is -2.07. The molecule has 2 aromatic carbocycles. The molecule has 0 aliphatic rings. The molecule has 0 spiro atoms. The summed E-state index contributed by atoms with van der Waals surface area (Å²) in [7, 11) is 0. The molecule has 0 radical (unpaired) electrons. The molecular weight excluding hydrogens is 395 g/mol. The van der Waals surface area contributed by atoms with Crippen LogP contribution in [0.2, 0.25) is 5.02 Å². The monoisotopic (exact) mass is 406 g/mol. The largest absolute Gasteiger partial charge is 0.451 e. The highest BCUT2D eigenvalue weighted by Gasteiger charge is 2.20. The van der Waals surface area contributed by atoms with Crippen LogP contribution in [0.1, 0.15) is 9.67 Å². The first-order valence-corrected chi connectivity index (χ1v) is 8.84. The molecule has 0 aliphatic carbocycles. The fourth-order valence-electron chi connectivity index (χ4n) is 2.22. The van der Waals surface area contributed by atoms with Crippen LogP contribution in [0.5, 0.6) is 0 Å². The molecule has 138 valence electrons. The Bertz CT molecular complexity index is 1040. The maximum Gasteiger partial charge on any atom is 0.350 e. The van der Waals surface area contributed by atoms with Crippen LogP contribution in [0.3, 0.4) is 0 Å². The minimum absolute atomic E-state index is 0.0862. The Morgan fingerprint density at radius 2 is 1.78 bits per heavy atom. The molecule has 0 unspecified atom stereocenters. The van der Waals surface area contributed by atoms with E-state index in [1.54, 1.807) is 12.1 Å². The topological polar surface area (TPSA) is 84.5 Å². The summed E-state index contributed by atoms with van der Waals surface area (Å²) in [6.45, 7) is -0.686. The average Bonchev–Trinajstić information content (AvgIpc) is 2.99. The first kappa shape index (κ1) is 18.8. The van der Waals surface area contributed by atoms with Crippen LogP contribution in [-0.4, -0.2) is 24.5 Å². The van der Waals surface area contributed by atoms with Gasteiger partial charge in [0.2, 0.25) is 0 Å². The number of rotatable bonds is 4. The van der Waals surface area contributed by atoms with Gasteiger partial charge in [-0.15, -0.1) is 11.3 Å². The molecule has 2 N–H and O–H groups in total. The standard InChI is InChI=1S/C18H12ClFN2O4S/c19-15-10-5-1-4-8-13(10)27-16(15)17(24)26-9-14(23)22-18(25)21-12-7-3-2-6-11(12)20/h1-8H,9H2,(H2,21,22,23,25). The Morgan fingerprint density at radius 1 is 1.07 bits per heavy atom. The first-order valence-electron chi connectivity index (χ1n) is 7.65. The summed E-state index contributed by atoms with van der Waals surface area (Å²) in [6.07, 6.45) is 0. The number of amides is 3. The Kier molecular flexibility index (Phi) is 5.68. The number of para-hydroxylation sites is 1. The minimum Gasteiger partial charge on any atom is -0.451 e. The third-order valence-electron chi connectivity index (χ3n) is 3.43. The second-order valence-electron chi connectivity index (χ2n) is 5.30. The van der Waals surface area contributed by atoms with Gasteiger partial charge in [-0.2, -0.15) is 0 Å². The van der Waals surface area contributed by atoms with E-state index in [-0.39, 0.29) is 15.6 Å². The first-order chi connectivity index (χ1) is 13.0. The van der Waals surface area contributed by atoms with Crippen molar-refractivity contribution in [3.05, 3.63) is 64.2 Å². The number of anilines is 1. The number of thiophene rings is 1. The van der Waals surface area contributed by atoms with E-state index >= 15 is 0 Å². The number of halogens is 2. The van der Waals surface area contributed by atoms with Gasteiger partial charge in [0.1, 0.15) is 10.7 Å². The number of esters is 1. The SMILES string of the molecule is O=C(COC(=O)c1sc2ccccc2c1Cl)NC(=O)Nc1ccccc1F. The molecule has 0 saturated carbocycles. The highest BCUT2D eigenvalue weighted by atomic mass is 35.5. The zero-order valence-corrected chi connectivity index (χ0v) is 15.2. The molecule has 3 aromatic rings. The van der Waals surface area contributed by atoms with Crippen molar-refractivity contribution in [2.75, 3.05) is 11.9 Å². The molecule has 0 atom stereocenters. The van der Waals surface area contributed by atoms with Crippen molar-refractivity contribution >= 4 is 56.6 Å². The van der Waals surface area contributed by atoms with E-state index in [0.717, 1.165) is 22.1 Å². The van der Waals surface area contributed by atoms with Crippen LogP contribution in [0, 0.1) is 5.82 Å². The highest BCUT2D eigenvalue weighted by Crippen LogP contribution is 2.35. The van der Waals surface area contributed by atoms with E-state index in [4.69, 9.17) is 16.3 Å². The number of fused-ring (bicyclic) bond motifs is 1. The van der Waals surface area contributed by atoms with E-state index in [1.807, 2.05) is 17.4 Å². The van der Waals surface area contributed by atoms with Crippen molar-refractivity contribution in [2.45, 2.75) is 0 Å². The molecular formula is C18H12ClFN2O4S. The summed E-state index contributed by atoms with van der Waals surface area (Å²) in [5.74, 6) is -2.29. The fourth-order valence-corrected chi connectivity index (χ4v) is 3.62. The van der Waals surface area contributed by atoms with Gasteiger partial charge in [0.25, 0.3) is 5.91 Å². The number of hydrogen-bond acceptors (Lipinski definition) is 5. The minimum atomic E-state index is -0.943. The fraction of sp³-hybridized carbons (Fsp3) is 0.0556. The van der Waals surface area contributed by atoms with Gasteiger partial charge in [0.15, 0.2) is 6.61 Å². The predicted octanol–water partition coefficient (Wildman–Crippen LogP) is 4.20. The quantitative estimate of drug-likeness (QED) is 0.636. The Morgan fingerprint density at radius 3 is 2.52 bits per heavy atom. The van der Waals surface area contributed by atoms with Crippen LogP contribution in [0.15, 0.2) is 48.5 Å². The number of carbonyl (C=O) groups is 3. The molecule has 1 heterocycles. The Labute approximate surface area is 161 Å². The zero-order valence-electron chi connectivity index (χ0n) is 13.6. The maximum atomic E-state index is 13.4. The number of imide groups is 1. The maximum absolute atomic E-state index is 13.4. The van der Waals surface area contributed by atoms with E-state index in [2.05, 4.69) is 5.32 Å². The van der Waals surface area contributed by atoms with Crippen LogP contribution in [0.25, 0.3) is 10.1 Å². The third-order valence-corrected chi connectivity index (χ3v) is 5.09. The molecule has 0 saturated heterocycles. The molecule has 6 nitrogen and oxygen atoms in total. The van der Waals surface area contributed by atoms with E-state index in [0.29, 0.717) is 5.39 Å². The van der Waals surface area contributed by atoms with Crippen molar-refractivity contribution in [3.8, 4) is 0 Å². The summed E-state index contributed by atoms with van der Waals surface area (Å²) in [5.41, 5.74) is -0.0862. The van der Waals surface area contributed by atoms with Crippen molar-refractivity contribution in [2.24, 2.45) is 0 Å². The predicted molar refractivity (Wildman–Crippen MR) is 101 cm³/mol. The van der Waals surface area contributed by atoms with Crippen LogP contribution in [-0.2, 0) is 9.53 Å². The normalized spacial score (nSPS) is 10.4. The summed E-state index contributed by atoms with van der Waals surface area (Å²) >= 11 is 7.31. The lowest BCUT2D eigenvalue weighted by molar-refractivity contribution is -0.123. The van der Waals surface area contributed by atoms with Crippen molar-refractivity contribution in [3.63, 3.8) is 0 Å². The molecule has 3 amide bonds. The van der Waals surface area contributed by atoms with Gasteiger partial charge in [-0.05, 0) is 18.2 Å². The number of hydrogen-bond donors (Lipinski definition) is 2. The Hall–Kier alpha value is -2.97. The van der Waals surface area contributed by atoms with Crippen LogP contribution < -0.4 is 10.6 Å². The molecule has 0 aliphatic heterocycles. The van der Waals surface area contributed by atoms with Crippen LogP contribution in [0.4, 0.5) is 14.9 Å². The highest BCUT2D eigenvalue weighted by molar-refractivity contribution is 7.21. The molecule has 0 fully saturated rings. The Balaban J connectivity index is 1.55. The lowest BCUT2D eigenvalue weighted by Crippen LogP contribution is -2.37. The summed E-state index contributed by atoms with van der Waals surface area (Å²) < 4.78 is 19.2. The van der Waals surface area contributed by atoms with Crippen molar-refractivity contribution in [1.29, 1.82) is 0 Å². The molecule has 1 aromatic heterocycles. The van der Waals surface area contributed by atoms with Crippen molar-refractivity contribution in [1.82, 2.24) is 5.32 Å². The molecule has 9 heteroatoms. The molecule has 27 heavy (non-hydrogen) atoms. The van der Waals surface area contributed by atoms with Gasteiger partial charge in [0.05, 0.1) is 10.7 Å². The number of carbonyl (C=O) groups excluding carboxylic acids is 3. The van der Waals surface area contributed by atoms with Gasteiger partial charge in [-0.3, -0.25) is 10.1 Å². The third kappa shape index (κ3) is 4.42.